The molecule has 0 fully saturated rings. The molecule has 2 aromatic rings. The molecule has 0 bridgehead atoms. The first-order valence-electron chi connectivity index (χ1n) is 5.24. The number of H-pyrrole nitrogens is 1. The van der Waals surface area contributed by atoms with Gasteiger partial charge in [0.15, 0.2) is 5.82 Å². The zero-order chi connectivity index (χ0) is 12.3. The van der Waals surface area contributed by atoms with E-state index in [1.54, 1.807) is 24.3 Å². The van der Waals surface area contributed by atoms with Gasteiger partial charge in [0.2, 0.25) is 0 Å². The summed E-state index contributed by atoms with van der Waals surface area (Å²) in [4.78, 5) is 11.5. The zero-order valence-electron chi connectivity index (χ0n) is 9.06. The Morgan fingerprint density at radius 1 is 1.35 bits per heavy atom. The van der Waals surface area contributed by atoms with Crippen LogP contribution < -0.4 is 5.69 Å². The van der Waals surface area contributed by atoms with E-state index in [2.05, 4.69) is 10.2 Å². The fraction of sp³-hybridized carbons (Fsp3) is 0.273. The lowest BCUT2D eigenvalue weighted by atomic mass is 10.2. The first-order valence-corrected chi connectivity index (χ1v) is 5.62. The van der Waals surface area contributed by atoms with E-state index in [0.717, 1.165) is 5.56 Å². The maximum atomic E-state index is 11.5. The van der Waals surface area contributed by atoms with E-state index in [0.29, 0.717) is 23.8 Å². The van der Waals surface area contributed by atoms with Crippen LogP contribution >= 0.6 is 11.6 Å². The molecule has 0 radical (unpaired) electrons. The summed E-state index contributed by atoms with van der Waals surface area (Å²) in [6.07, 6.45) is 0.514. The fourth-order valence-electron chi connectivity index (χ4n) is 1.57. The highest BCUT2D eigenvalue weighted by molar-refractivity contribution is 6.30. The van der Waals surface area contributed by atoms with E-state index >= 15 is 0 Å². The van der Waals surface area contributed by atoms with E-state index in [9.17, 15) is 4.79 Å². The van der Waals surface area contributed by atoms with Crippen LogP contribution in [0.25, 0.3) is 11.4 Å². The Kier molecular flexibility index (Phi) is 3.61. The van der Waals surface area contributed by atoms with Crippen molar-refractivity contribution in [1.29, 1.82) is 0 Å². The van der Waals surface area contributed by atoms with Gasteiger partial charge in [-0.05, 0) is 30.7 Å². The van der Waals surface area contributed by atoms with E-state index in [1.807, 2.05) is 0 Å². The lowest BCUT2D eigenvalue weighted by Gasteiger charge is -2.04. The highest BCUT2D eigenvalue weighted by atomic mass is 35.5. The molecule has 0 amide bonds. The third-order valence-corrected chi connectivity index (χ3v) is 2.65. The van der Waals surface area contributed by atoms with Crippen molar-refractivity contribution >= 4 is 11.6 Å². The number of aliphatic hydroxyl groups excluding tert-OH is 1. The van der Waals surface area contributed by atoms with E-state index < -0.39 is 0 Å². The molecule has 1 heterocycles. The molecule has 0 aliphatic heterocycles. The lowest BCUT2D eigenvalue weighted by molar-refractivity contribution is 0.279. The molecule has 0 aliphatic carbocycles. The number of hydrogen-bond donors (Lipinski definition) is 2. The standard InChI is InChI=1S/C11H12ClN3O2/c12-9-4-2-8(3-5-9)10-13-14-11(17)15(10)6-1-7-16/h2-5,16H,1,6-7H2,(H,14,17). The van der Waals surface area contributed by atoms with E-state index in [1.165, 1.54) is 4.57 Å². The minimum atomic E-state index is -0.275. The van der Waals surface area contributed by atoms with Crippen LogP contribution in [0.2, 0.25) is 5.02 Å². The summed E-state index contributed by atoms with van der Waals surface area (Å²) in [6, 6.07) is 7.08. The second kappa shape index (κ2) is 5.16. The summed E-state index contributed by atoms with van der Waals surface area (Å²) in [5.74, 6) is 0.556. The van der Waals surface area contributed by atoms with E-state index in [-0.39, 0.29) is 12.3 Å². The molecule has 90 valence electrons. The first-order chi connectivity index (χ1) is 8.22. The Balaban J connectivity index is 2.38. The number of aliphatic hydroxyl groups is 1. The fourth-order valence-corrected chi connectivity index (χ4v) is 1.70. The van der Waals surface area contributed by atoms with Gasteiger partial charge in [-0.1, -0.05) is 11.6 Å². The molecule has 17 heavy (non-hydrogen) atoms. The van der Waals surface area contributed by atoms with Crippen molar-refractivity contribution in [3.63, 3.8) is 0 Å². The number of halogens is 1. The number of hydrogen-bond acceptors (Lipinski definition) is 3. The normalized spacial score (nSPS) is 10.7. The van der Waals surface area contributed by atoms with Gasteiger partial charge in [-0.25, -0.2) is 9.89 Å². The largest absolute Gasteiger partial charge is 0.396 e. The average molecular weight is 254 g/mol. The quantitative estimate of drug-likeness (QED) is 0.862. The van der Waals surface area contributed by atoms with Gasteiger partial charge in [-0.15, -0.1) is 0 Å². The Bertz CT molecular complexity index is 545. The minimum Gasteiger partial charge on any atom is -0.396 e. The molecule has 0 spiro atoms. The molecule has 5 nitrogen and oxygen atoms in total. The third kappa shape index (κ3) is 2.57. The summed E-state index contributed by atoms with van der Waals surface area (Å²) >= 11 is 5.80. The van der Waals surface area contributed by atoms with Gasteiger partial charge in [0.1, 0.15) is 0 Å². The number of aromatic nitrogens is 3. The van der Waals surface area contributed by atoms with Crippen LogP contribution in [0.4, 0.5) is 0 Å². The number of rotatable bonds is 4. The molecule has 1 aromatic heterocycles. The maximum absolute atomic E-state index is 11.5. The number of nitrogens with one attached hydrogen (secondary N) is 1. The highest BCUT2D eigenvalue weighted by Crippen LogP contribution is 2.18. The van der Waals surface area contributed by atoms with Crippen molar-refractivity contribution in [2.45, 2.75) is 13.0 Å². The lowest BCUT2D eigenvalue weighted by Crippen LogP contribution is -2.18. The van der Waals surface area contributed by atoms with Gasteiger partial charge < -0.3 is 5.11 Å². The number of aromatic amines is 1. The average Bonchev–Trinajstić information content (AvgIpc) is 2.69. The van der Waals surface area contributed by atoms with Crippen molar-refractivity contribution in [3.05, 3.63) is 39.8 Å². The summed E-state index contributed by atoms with van der Waals surface area (Å²) in [5.41, 5.74) is 0.536. The molecule has 0 saturated carbocycles. The van der Waals surface area contributed by atoms with Crippen LogP contribution in [0.1, 0.15) is 6.42 Å². The molecular weight excluding hydrogens is 242 g/mol. The van der Waals surface area contributed by atoms with Crippen LogP contribution in [0.3, 0.4) is 0 Å². The van der Waals surface area contributed by atoms with Crippen molar-refractivity contribution in [1.82, 2.24) is 14.8 Å². The second-order valence-corrected chi connectivity index (χ2v) is 4.02. The molecule has 0 atom stereocenters. The molecule has 0 unspecified atom stereocenters. The molecular formula is C11H12ClN3O2. The van der Waals surface area contributed by atoms with Gasteiger partial charge in [-0.2, -0.15) is 5.10 Å². The Morgan fingerprint density at radius 3 is 2.71 bits per heavy atom. The van der Waals surface area contributed by atoms with Gasteiger partial charge >= 0.3 is 5.69 Å². The van der Waals surface area contributed by atoms with Crippen LogP contribution in [0.15, 0.2) is 29.1 Å². The summed E-state index contributed by atoms with van der Waals surface area (Å²) in [7, 11) is 0. The Morgan fingerprint density at radius 2 is 2.06 bits per heavy atom. The molecule has 2 N–H and O–H groups in total. The topological polar surface area (TPSA) is 70.9 Å². The zero-order valence-corrected chi connectivity index (χ0v) is 9.81. The molecule has 2 rings (SSSR count). The van der Waals surface area contributed by atoms with Crippen molar-refractivity contribution in [2.24, 2.45) is 0 Å². The Labute approximate surface area is 103 Å². The summed E-state index contributed by atoms with van der Waals surface area (Å²) in [6.45, 7) is 0.474. The van der Waals surface area contributed by atoms with Gasteiger partial charge in [0, 0.05) is 23.7 Å². The van der Waals surface area contributed by atoms with Crippen molar-refractivity contribution in [3.8, 4) is 11.4 Å². The second-order valence-electron chi connectivity index (χ2n) is 3.59. The minimum absolute atomic E-state index is 0.0394. The van der Waals surface area contributed by atoms with Crippen molar-refractivity contribution in [2.75, 3.05) is 6.61 Å². The SMILES string of the molecule is O=c1[nH]nc(-c2ccc(Cl)cc2)n1CCCO. The molecule has 0 saturated heterocycles. The summed E-state index contributed by atoms with van der Waals surface area (Å²) in [5, 5.41) is 15.8. The summed E-state index contributed by atoms with van der Waals surface area (Å²) < 4.78 is 1.50. The van der Waals surface area contributed by atoms with Crippen LogP contribution in [-0.4, -0.2) is 26.5 Å². The first kappa shape index (κ1) is 11.9. The van der Waals surface area contributed by atoms with Gasteiger partial charge in [0.25, 0.3) is 0 Å². The monoisotopic (exact) mass is 253 g/mol. The Hall–Kier alpha value is -1.59. The smallest absolute Gasteiger partial charge is 0.343 e. The maximum Gasteiger partial charge on any atom is 0.343 e. The van der Waals surface area contributed by atoms with E-state index in [4.69, 9.17) is 16.7 Å². The van der Waals surface area contributed by atoms with Gasteiger partial charge in [-0.3, -0.25) is 4.57 Å². The predicted molar refractivity (Wildman–Crippen MR) is 65.0 cm³/mol. The van der Waals surface area contributed by atoms with Gasteiger partial charge in [0.05, 0.1) is 0 Å². The predicted octanol–water partition coefficient (Wildman–Crippen LogP) is 1.27. The molecule has 0 aliphatic rings. The molecule has 6 heteroatoms. The van der Waals surface area contributed by atoms with Crippen LogP contribution in [0.5, 0.6) is 0 Å². The van der Waals surface area contributed by atoms with Crippen LogP contribution in [0, 0.1) is 0 Å². The number of benzene rings is 1. The van der Waals surface area contributed by atoms with Crippen molar-refractivity contribution < 1.29 is 5.11 Å². The highest BCUT2D eigenvalue weighted by Gasteiger charge is 2.09. The third-order valence-electron chi connectivity index (χ3n) is 2.40. The number of nitrogens with zero attached hydrogens (tertiary/aromatic N) is 2. The molecule has 1 aromatic carbocycles. The van der Waals surface area contributed by atoms with Crippen LogP contribution in [-0.2, 0) is 6.54 Å².